The van der Waals surface area contributed by atoms with Crippen LogP contribution in [-0.4, -0.2) is 25.4 Å². The number of pyridine rings is 1. The molecule has 3 heterocycles. The van der Waals surface area contributed by atoms with Crippen LogP contribution in [0.5, 0.6) is 0 Å². The number of hydrogen-bond donors (Lipinski definition) is 3. The minimum absolute atomic E-state index is 0.0286. The maximum Gasteiger partial charge on any atom is 0.416 e. The smallest absolute Gasteiger partial charge is 0.416 e. The number of hydrogen-bond acceptors (Lipinski definition) is 6. The van der Waals surface area contributed by atoms with Crippen molar-refractivity contribution in [2.24, 2.45) is 0 Å². The number of urea groups is 1. The molecule has 38 heavy (non-hydrogen) atoms. The highest BCUT2D eigenvalue weighted by atomic mass is 19.4. The second kappa shape index (κ2) is 9.24. The molecule has 0 saturated carbocycles. The maximum absolute atomic E-state index is 13.3. The van der Waals surface area contributed by atoms with Gasteiger partial charge in [0.05, 0.1) is 23.1 Å². The molecule has 0 atom stereocenters. The summed E-state index contributed by atoms with van der Waals surface area (Å²) in [4.78, 5) is 28.6. The van der Waals surface area contributed by atoms with Crippen LogP contribution in [0, 0.1) is 5.21 Å². The number of rotatable bonds is 4. The fraction of sp³-hybridized carbons (Fsp3) is 0.0417. The van der Waals surface area contributed by atoms with Crippen molar-refractivity contribution in [1.29, 1.82) is 0 Å². The van der Waals surface area contributed by atoms with Gasteiger partial charge in [0.2, 0.25) is 23.2 Å². The van der Waals surface area contributed by atoms with Crippen LogP contribution in [0.25, 0.3) is 22.4 Å². The zero-order valence-corrected chi connectivity index (χ0v) is 19.2. The van der Waals surface area contributed by atoms with Gasteiger partial charge in [-0.25, -0.2) is 18.8 Å². The van der Waals surface area contributed by atoms with Gasteiger partial charge in [0.15, 0.2) is 5.39 Å². The molecule has 0 fully saturated rings. The van der Waals surface area contributed by atoms with Crippen molar-refractivity contribution in [3.05, 3.63) is 101 Å². The van der Waals surface area contributed by atoms with E-state index in [0.717, 1.165) is 18.5 Å². The molecule has 0 aliphatic heterocycles. The third kappa shape index (κ3) is 4.57. The van der Waals surface area contributed by atoms with Crippen LogP contribution in [-0.2, 0) is 6.18 Å². The Labute approximate surface area is 211 Å². The SMILES string of the molecule is Nc1nc[n+]([O-])c2c1c(=O)ccn2-c1ccc(NC(=O)Nc2cc(C(F)(F)F)ccc2-n2cccn2)cc1. The number of anilines is 3. The summed E-state index contributed by atoms with van der Waals surface area (Å²) >= 11 is 0. The van der Waals surface area contributed by atoms with Gasteiger partial charge < -0.3 is 21.6 Å². The standard InChI is InChI=1S/C24H17F3N8O3/c25-24(26,27)14-2-7-18(34-10-1-9-30-34)17(12-14)32-23(37)31-15-3-5-16(6-4-15)33-11-8-19(36)20-21(28)29-13-35(38)22(20)33/h1-13H,(H2,28,29)(H2,31,32,37). The van der Waals surface area contributed by atoms with E-state index in [2.05, 4.69) is 20.7 Å². The van der Waals surface area contributed by atoms with E-state index in [-0.39, 0.29) is 28.2 Å². The zero-order valence-electron chi connectivity index (χ0n) is 19.2. The molecule has 0 saturated heterocycles. The molecule has 14 heteroatoms. The summed E-state index contributed by atoms with van der Waals surface area (Å²) in [7, 11) is 0. The van der Waals surface area contributed by atoms with Gasteiger partial charge in [0.25, 0.3) is 0 Å². The van der Waals surface area contributed by atoms with Crippen molar-refractivity contribution in [3.63, 3.8) is 0 Å². The molecule has 4 N–H and O–H groups in total. The highest BCUT2D eigenvalue weighted by Gasteiger charge is 2.31. The number of fused-ring (bicyclic) bond motifs is 1. The van der Waals surface area contributed by atoms with E-state index in [1.54, 1.807) is 18.2 Å². The van der Waals surface area contributed by atoms with E-state index >= 15 is 0 Å². The minimum atomic E-state index is -4.61. The van der Waals surface area contributed by atoms with Gasteiger partial charge in [-0.1, -0.05) is 4.98 Å². The number of nitrogens with zero attached hydrogens (tertiary/aromatic N) is 5. The van der Waals surface area contributed by atoms with E-state index in [4.69, 9.17) is 5.73 Å². The van der Waals surface area contributed by atoms with Crippen molar-refractivity contribution in [1.82, 2.24) is 19.3 Å². The number of halogens is 3. The lowest BCUT2D eigenvalue weighted by atomic mass is 10.1. The van der Waals surface area contributed by atoms with Crippen molar-refractivity contribution < 1.29 is 22.7 Å². The first-order chi connectivity index (χ1) is 18.1. The van der Waals surface area contributed by atoms with Gasteiger partial charge in [-0.3, -0.25) is 4.79 Å². The molecule has 0 aliphatic rings. The average Bonchev–Trinajstić information content (AvgIpc) is 3.41. The first-order valence-corrected chi connectivity index (χ1v) is 10.9. The minimum Gasteiger partial charge on any atom is -0.740 e. The summed E-state index contributed by atoms with van der Waals surface area (Å²) in [5.41, 5.74) is 5.26. The van der Waals surface area contributed by atoms with Gasteiger partial charge in [-0.2, -0.15) is 18.3 Å². The van der Waals surface area contributed by atoms with Crippen LogP contribution in [0.15, 0.2) is 84.3 Å². The Bertz CT molecular complexity index is 1720. The predicted molar refractivity (Wildman–Crippen MR) is 132 cm³/mol. The van der Waals surface area contributed by atoms with Crippen LogP contribution < -0.4 is 26.5 Å². The van der Waals surface area contributed by atoms with Gasteiger partial charge in [-0.05, 0) is 48.5 Å². The van der Waals surface area contributed by atoms with Crippen LogP contribution in [0.2, 0.25) is 0 Å². The Morgan fingerprint density at radius 2 is 1.82 bits per heavy atom. The fourth-order valence-electron chi connectivity index (χ4n) is 3.84. The summed E-state index contributed by atoms with van der Waals surface area (Å²) in [5.74, 6) is -0.0921. The number of nitrogens with two attached hydrogens (primary N) is 1. The number of nitrogens with one attached hydrogen (secondary N) is 2. The summed E-state index contributed by atoms with van der Waals surface area (Å²) < 4.78 is 43.0. The molecule has 2 amide bonds. The number of carbonyl (C=O) groups is 1. The van der Waals surface area contributed by atoms with Crippen LogP contribution in [0.4, 0.5) is 35.2 Å². The molecule has 0 radical (unpaired) electrons. The van der Waals surface area contributed by atoms with Crippen molar-refractivity contribution in [3.8, 4) is 11.4 Å². The topological polar surface area (TPSA) is 147 Å². The zero-order chi connectivity index (χ0) is 27.0. The quantitative estimate of drug-likeness (QED) is 0.243. The number of benzene rings is 2. The first kappa shape index (κ1) is 24.3. The Morgan fingerprint density at radius 1 is 1.05 bits per heavy atom. The van der Waals surface area contributed by atoms with E-state index in [1.165, 1.54) is 52.1 Å². The highest BCUT2D eigenvalue weighted by molar-refractivity contribution is 6.01. The van der Waals surface area contributed by atoms with Crippen LogP contribution in [0.3, 0.4) is 0 Å². The van der Waals surface area contributed by atoms with Gasteiger partial charge in [0.1, 0.15) is 5.69 Å². The average molecular weight is 522 g/mol. The molecule has 192 valence electrons. The van der Waals surface area contributed by atoms with Crippen LogP contribution >= 0.6 is 0 Å². The lowest BCUT2D eigenvalue weighted by Gasteiger charge is -2.15. The number of amides is 2. The van der Waals surface area contributed by atoms with E-state index in [9.17, 15) is 28.0 Å². The molecule has 11 nitrogen and oxygen atoms in total. The summed E-state index contributed by atoms with van der Waals surface area (Å²) in [6, 6.07) is 11.1. The van der Waals surface area contributed by atoms with Gasteiger partial charge in [0, 0.05) is 24.1 Å². The normalized spacial score (nSPS) is 11.4. The highest BCUT2D eigenvalue weighted by Crippen LogP contribution is 2.33. The Kier molecular flexibility index (Phi) is 5.91. The maximum atomic E-state index is 13.3. The third-order valence-electron chi connectivity index (χ3n) is 5.57. The number of nitrogen functional groups attached to an aromatic ring is 1. The lowest BCUT2D eigenvalue weighted by molar-refractivity contribution is -0.583. The Balaban J connectivity index is 1.41. The molecule has 5 aromatic rings. The molecule has 2 aromatic carbocycles. The monoisotopic (exact) mass is 522 g/mol. The van der Waals surface area contributed by atoms with Crippen molar-refractivity contribution >= 4 is 34.3 Å². The molecule has 0 bridgehead atoms. The van der Waals surface area contributed by atoms with Crippen molar-refractivity contribution in [2.45, 2.75) is 6.18 Å². The first-order valence-electron chi connectivity index (χ1n) is 10.9. The molecular formula is C24H17F3N8O3. The van der Waals surface area contributed by atoms with E-state index in [1.807, 2.05) is 0 Å². The molecule has 0 unspecified atom stereocenters. The lowest BCUT2D eigenvalue weighted by Crippen LogP contribution is -2.33. The molecule has 5 rings (SSSR count). The van der Waals surface area contributed by atoms with Gasteiger partial charge >= 0.3 is 12.2 Å². The molecule has 0 aliphatic carbocycles. The second-order valence-corrected chi connectivity index (χ2v) is 8.01. The molecule has 0 spiro atoms. The second-order valence-electron chi connectivity index (χ2n) is 8.01. The Morgan fingerprint density at radius 3 is 2.50 bits per heavy atom. The van der Waals surface area contributed by atoms with Crippen molar-refractivity contribution in [2.75, 3.05) is 16.4 Å². The largest absolute Gasteiger partial charge is 0.740 e. The predicted octanol–water partition coefficient (Wildman–Crippen LogP) is 3.45. The number of carbonyl (C=O) groups excluding carboxylic acids is 1. The third-order valence-corrected chi connectivity index (χ3v) is 5.57. The summed E-state index contributed by atoms with van der Waals surface area (Å²) in [6.07, 6.45) is 0.715. The van der Waals surface area contributed by atoms with E-state index < -0.39 is 23.2 Å². The van der Waals surface area contributed by atoms with Crippen LogP contribution in [0.1, 0.15) is 5.56 Å². The number of aromatic nitrogens is 5. The van der Waals surface area contributed by atoms with Gasteiger partial charge in [-0.15, -0.1) is 0 Å². The molecule has 3 aromatic heterocycles. The molecular weight excluding hydrogens is 505 g/mol. The summed E-state index contributed by atoms with van der Waals surface area (Å²) in [6.45, 7) is 0. The van der Waals surface area contributed by atoms with E-state index in [0.29, 0.717) is 16.1 Å². The summed E-state index contributed by atoms with van der Waals surface area (Å²) in [5, 5.41) is 21.3. The Hall–Kier alpha value is -5.40. The number of alkyl halides is 3. The fourth-order valence-corrected chi connectivity index (χ4v) is 3.84.